The van der Waals surface area contributed by atoms with Crippen LogP contribution < -0.4 is 15.5 Å². The molecule has 1 fully saturated rings. The molecule has 1 aromatic heterocycles. The van der Waals surface area contributed by atoms with Crippen molar-refractivity contribution >= 4 is 34.3 Å². The number of pyridine rings is 1. The van der Waals surface area contributed by atoms with Crippen LogP contribution in [0, 0.1) is 5.82 Å². The van der Waals surface area contributed by atoms with Crippen LogP contribution in [0.4, 0.5) is 14.5 Å². The van der Waals surface area contributed by atoms with Gasteiger partial charge in [-0.15, -0.1) is 0 Å². The summed E-state index contributed by atoms with van der Waals surface area (Å²) >= 11 is 0. The number of hydrogen-bond acceptors (Lipinski definition) is 6. The van der Waals surface area contributed by atoms with Gasteiger partial charge >= 0.3 is 5.97 Å². The number of nitrogens with zero attached hydrogens (tertiary/aromatic N) is 2. The number of aromatic nitrogens is 1. The van der Waals surface area contributed by atoms with Crippen LogP contribution in [0.25, 0.3) is 10.9 Å². The molecule has 1 aliphatic rings. The van der Waals surface area contributed by atoms with E-state index in [0.717, 1.165) is 0 Å². The number of amides is 1. The van der Waals surface area contributed by atoms with E-state index >= 15 is 0 Å². The summed E-state index contributed by atoms with van der Waals surface area (Å²) in [7, 11) is 0. The number of Topliss-reactive ketones (excluding diaryl/α,β-unsaturated/α-hetero) is 1. The van der Waals surface area contributed by atoms with Crippen molar-refractivity contribution in [2.24, 2.45) is 0 Å². The Morgan fingerprint density at radius 3 is 2.66 bits per heavy atom. The van der Waals surface area contributed by atoms with Gasteiger partial charge in [0, 0.05) is 37.8 Å². The number of hydrogen-bond donors (Lipinski definition) is 3. The SMILES string of the molecule is O=C(O)CC(NC(=O)c1cnc2c(F)cccc2c1N1CCNCC1)C(=O)CF. The molecular formula is C19H20F2N4O4. The number of para-hydroxylation sites is 1. The zero-order valence-electron chi connectivity index (χ0n) is 15.5. The van der Waals surface area contributed by atoms with Crippen LogP contribution in [-0.2, 0) is 9.59 Å². The van der Waals surface area contributed by atoms with Gasteiger partial charge in [0.2, 0.25) is 0 Å². The third-order valence-corrected chi connectivity index (χ3v) is 4.70. The minimum absolute atomic E-state index is 0.0621. The molecule has 29 heavy (non-hydrogen) atoms. The Labute approximate surface area is 164 Å². The van der Waals surface area contributed by atoms with Gasteiger partial charge in [0.1, 0.15) is 24.1 Å². The average Bonchev–Trinajstić information content (AvgIpc) is 2.72. The van der Waals surface area contributed by atoms with Crippen molar-refractivity contribution in [2.75, 3.05) is 37.8 Å². The zero-order valence-corrected chi connectivity index (χ0v) is 15.5. The number of carboxylic acids is 1. The number of piperazine rings is 1. The number of aliphatic carboxylic acids is 1. The number of ketones is 1. The Balaban J connectivity index is 2.04. The van der Waals surface area contributed by atoms with Crippen molar-refractivity contribution in [1.29, 1.82) is 0 Å². The normalized spacial score (nSPS) is 15.2. The molecule has 0 saturated carbocycles. The fraction of sp³-hybridized carbons (Fsp3) is 0.368. The van der Waals surface area contributed by atoms with E-state index in [-0.39, 0.29) is 11.1 Å². The van der Waals surface area contributed by atoms with Gasteiger partial charge < -0.3 is 20.6 Å². The standard InChI is InChI=1S/C19H20F2N4O4/c20-9-15(26)14(8-16(27)28)24-19(29)12-10-23-17-11(2-1-3-13(17)21)18(12)25-6-4-22-5-7-25/h1-3,10,14,22H,4-9H2,(H,24,29)(H,27,28). The van der Waals surface area contributed by atoms with Crippen LogP contribution >= 0.6 is 0 Å². The average molecular weight is 406 g/mol. The van der Waals surface area contributed by atoms with E-state index in [0.29, 0.717) is 37.3 Å². The monoisotopic (exact) mass is 406 g/mol. The molecule has 154 valence electrons. The predicted octanol–water partition coefficient (Wildman–Crippen LogP) is 0.895. The highest BCUT2D eigenvalue weighted by Gasteiger charge is 2.28. The van der Waals surface area contributed by atoms with Crippen molar-refractivity contribution in [2.45, 2.75) is 12.5 Å². The van der Waals surface area contributed by atoms with Gasteiger partial charge in [-0.05, 0) is 6.07 Å². The van der Waals surface area contributed by atoms with Crippen LogP contribution in [0.15, 0.2) is 24.4 Å². The molecule has 2 aromatic rings. The maximum atomic E-state index is 14.2. The molecule has 1 saturated heterocycles. The largest absolute Gasteiger partial charge is 0.481 e. The molecule has 3 N–H and O–H groups in total. The lowest BCUT2D eigenvalue weighted by Crippen LogP contribution is -2.46. The summed E-state index contributed by atoms with van der Waals surface area (Å²) in [6, 6.07) is 2.90. The van der Waals surface area contributed by atoms with E-state index < -0.39 is 42.6 Å². The van der Waals surface area contributed by atoms with Crippen molar-refractivity contribution in [3.8, 4) is 0 Å². The number of fused-ring (bicyclic) bond motifs is 1. The third kappa shape index (κ3) is 4.48. The van der Waals surface area contributed by atoms with Crippen molar-refractivity contribution in [1.82, 2.24) is 15.6 Å². The summed E-state index contributed by atoms with van der Waals surface area (Å²) in [4.78, 5) is 41.5. The highest BCUT2D eigenvalue weighted by atomic mass is 19.1. The van der Waals surface area contributed by atoms with Gasteiger partial charge in [-0.2, -0.15) is 0 Å². The number of carbonyl (C=O) groups is 3. The molecule has 3 rings (SSSR count). The molecule has 1 aromatic carbocycles. The van der Waals surface area contributed by atoms with Gasteiger partial charge in [0.25, 0.3) is 5.91 Å². The molecule has 8 nitrogen and oxygen atoms in total. The molecule has 0 spiro atoms. The van der Waals surface area contributed by atoms with Gasteiger partial charge in [-0.3, -0.25) is 19.4 Å². The van der Waals surface area contributed by atoms with E-state index in [1.54, 1.807) is 6.07 Å². The Hall–Kier alpha value is -3.14. The number of benzene rings is 1. The molecule has 1 amide bonds. The second kappa shape index (κ2) is 8.91. The van der Waals surface area contributed by atoms with Crippen LogP contribution in [0.1, 0.15) is 16.8 Å². The maximum Gasteiger partial charge on any atom is 0.305 e. The molecular weight excluding hydrogens is 386 g/mol. The van der Waals surface area contributed by atoms with Crippen LogP contribution in [0.2, 0.25) is 0 Å². The first-order chi connectivity index (χ1) is 13.9. The van der Waals surface area contributed by atoms with Crippen LogP contribution in [-0.4, -0.2) is 66.6 Å². The number of anilines is 1. The van der Waals surface area contributed by atoms with Gasteiger partial charge in [0.15, 0.2) is 5.78 Å². The van der Waals surface area contributed by atoms with Crippen molar-refractivity contribution < 1.29 is 28.3 Å². The molecule has 10 heteroatoms. The first-order valence-electron chi connectivity index (χ1n) is 9.06. The Morgan fingerprint density at radius 1 is 1.28 bits per heavy atom. The number of carbonyl (C=O) groups excluding carboxylic acids is 2. The predicted molar refractivity (Wildman–Crippen MR) is 101 cm³/mol. The van der Waals surface area contributed by atoms with E-state index in [1.165, 1.54) is 18.3 Å². The number of rotatable bonds is 7. The Kier molecular flexibility index (Phi) is 6.32. The number of nitrogens with one attached hydrogen (secondary N) is 2. The zero-order chi connectivity index (χ0) is 21.0. The molecule has 0 radical (unpaired) electrons. The highest BCUT2D eigenvalue weighted by Crippen LogP contribution is 2.31. The van der Waals surface area contributed by atoms with Crippen molar-refractivity contribution in [3.63, 3.8) is 0 Å². The second-order valence-electron chi connectivity index (χ2n) is 6.62. The molecule has 2 heterocycles. The summed E-state index contributed by atoms with van der Waals surface area (Å²) < 4.78 is 27.0. The van der Waals surface area contributed by atoms with E-state index in [1.807, 2.05) is 4.90 Å². The highest BCUT2D eigenvalue weighted by molar-refractivity contribution is 6.08. The first kappa shape index (κ1) is 20.6. The summed E-state index contributed by atoms with van der Waals surface area (Å²) in [5.41, 5.74) is 0.599. The van der Waals surface area contributed by atoms with Gasteiger partial charge in [-0.25, -0.2) is 8.78 Å². The lowest BCUT2D eigenvalue weighted by Gasteiger charge is -2.32. The fourth-order valence-electron chi connectivity index (χ4n) is 3.32. The molecule has 1 atom stereocenters. The lowest BCUT2D eigenvalue weighted by atomic mass is 10.0. The number of halogens is 2. The summed E-state index contributed by atoms with van der Waals surface area (Å²) in [6.45, 7) is 1.02. The summed E-state index contributed by atoms with van der Waals surface area (Å²) in [6.07, 6.45) is 0.447. The molecule has 0 aliphatic carbocycles. The van der Waals surface area contributed by atoms with E-state index in [2.05, 4.69) is 15.6 Å². The topological polar surface area (TPSA) is 112 Å². The smallest absolute Gasteiger partial charge is 0.305 e. The summed E-state index contributed by atoms with van der Waals surface area (Å²) in [5, 5.41) is 14.8. The lowest BCUT2D eigenvalue weighted by molar-refractivity contribution is -0.139. The minimum Gasteiger partial charge on any atom is -0.481 e. The maximum absolute atomic E-state index is 14.2. The molecule has 0 bridgehead atoms. The number of carboxylic acid groups (broad SMARTS) is 1. The van der Waals surface area contributed by atoms with Gasteiger partial charge in [-0.1, -0.05) is 12.1 Å². The first-order valence-corrected chi connectivity index (χ1v) is 9.06. The molecule has 1 aliphatic heterocycles. The number of alkyl halides is 1. The van der Waals surface area contributed by atoms with Crippen LogP contribution in [0.3, 0.4) is 0 Å². The second-order valence-corrected chi connectivity index (χ2v) is 6.62. The minimum atomic E-state index is -1.51. The molecule has 1 unspecified atom stereocenters. The Bertz CT molecular complexity index is 947. The fourth-order valence-corrected chi connectivity index (χ4v) is 3.32. The van der Waals surface area contributed by atoms with E-state index in [9.17, 15) is 23.2 Å². The van der Waals surface area contributed by atoms with Crippen molar-refractivity contribution in [3.05, 3.63) is 35.8 Å². The van der Waals surface area contributed by atoms with Crippen LogP contribution in [0.5, 0.6) is 0 Å². The third-order valence-electron chi connectivity index (χ3n) is 4.70. The van der Waals surface area contributed by atoms with Gasteiger partial charge in [0.05, 0.1) is 17.7 Å². The van der Waals surface area contributed by atoms with E-state index in [4.69, 9.17) is 5.11 Å². The quantitative estimate of drug-likeness (QED) is 0.626. The summed E-state index contributed by atoms with van der Waals surface area (Å²) in [5.74, 6) is -3.70. The Morgan fingerprint density at radius 2 is 2.00 bits per heavy atom.